The molecule has 0 saturated carbocycles. The molecule has 2 rings (SSSR count). The minimum Gasteiger partial charge on any atom is -0.463 e. The van der Waals surface area contributed by atoms with Gasteiger partial charge in [-0.15, -0.1) is 0 Å². The second-order valence-corrected chi connectivity index (χ2v) is 7.53. The first kappa shape index (κ1) is 21.3. The number of epoxide rings is 1. The number of carbonyl (C=O) groups is 1. The van der Waals surface area contributed by atoms with Crippen molar-refractivity contribution in [2.45, 2.75) is 77.2 Å². The molecule has 150 valence electrons. The monoisotopic (exact) mass is 372 g/mol. The molecule has 2 aliphatic rings. The van der Waals surface area contributed by atoms with Crippen molar-refractivity contribution in [3.8, 4) is 0 Å². The number of hydrogen-bond donors (Lipinski definition) is 3. The minimum atomic E-state index is -1.02. The van der Waals surface area contributed by atoms with E-state index < -0.39 is 30.4 Å². The van der Waals surface area contributed by atoms with Crippen LogP contribution in [0.3, 0.4) is 0 Å². The first-order valence-corrected chi connectivity index (χ1v) is 9.39. The van der Waals surface area contributed by atoms with Crippen LogP contribution in [0.1, 0.15) is 40.5 Å². The van der Waals surface area contributed by atoms with E-state index in [1.807, 2.05) is 6.92 Å². The van der Waals surface area contributed by atoms with E-state index in [4.69, 9.17) is 14.2 Å². The zero-order valence-electron chi connectivity index (χ0n) is 16.0. The average Bonchev–Trinajstić information content (AvgIpc) is 3.33. The Morgan fingerprint density at radius 1 is 1.27 bits per heavy atom. The zero-order chi connectivity index (χ0) is 19.4. The lowest BCUT2D eigenvalue weighted by atomic mass is 9.85. The van der Waals surface area contributed by atoms with Gasteiger partial charge < -0.3 is 29.5 Å². The van der Waals surface area contributed by atoms with Crippen LogP contribution in [-0.2, 0) is 19.0 Å². The van der Waals surface area contributed by atoms with Crippen LogP contribution in [0, 0.1) is 11.8 Å². The van der Waals surface area contributed by atoms with Gasteiger partial charge in [-0.25, -0.2) is 4.79 Å². The third-order valence-corrected chi connectivity index (χ3v) is 5.35. The van der Waals surface area contributed by atoms with Crippen LogP contribution in [0.4, 0.5) is 0 Å². The van der Waals surface area contributed by atoms with E-state index >= 15 is 0 Å². The quantitative estimate of drug-likeness (QED) is 0.328. The molecule has 0 radical (unpaired) electrons. The minimum absolute atomic E-state index is 0.00757. The van der Waals surface area contributed by atoms with Crippen molar-refractivity contribution >= 4 is 5.97 Å². The second kappa shape index (κ2) is 9.28. The van der Waals surface area contributed by atoms with Crippen LogP contribution in [0.5, 0.6) is 0 Å². The molecule has 2 aliphatic heterocycles. The highest BCUT2D eigenvalue weighted by Crippen LogP contribution is 2.38. The molecule has 0 aliphatic carbocycles. The highest BCUT2D eigenvalue weighted by atomic mass is 16.6. The fraction of sp³-hybridized carbons (Fsp3) is 0.842. The maximum absolute atomic E-state index is 11.5. The zero-order valence-corrected chi connectivity index (χ0v) is 16.0. The average molecular weight is 372 g/mol. The maximum Gasteiger partial charge on any atom is 0.330 e. The fourth-order valence-electron chi connectivity index (χ4n) is 3.47. The molecule has 7 nitrogen and oxygen atoms in total. The van der Waals surface area contributed by atoms with Gasteiger partial charge in [-0.05, 0) is 33.6 Å². The van der Waals surface area contributed by atoms with Gasteiger partial charge in [0, 0.05) is 17.9 Å². The molecule has 0 bridgehead atoms. The van der Waals surface area contributed by atoms with Gasteiger partial charge in [0.2, 0.25) is 0 Å². The van der Waals surface area contributed by atoms with Crippen LogP contribution in [0.2, 0.25) is 0 Å². The molecule has 8 atom stereocenters. The Labute approximate surface area is 154 Å². The Bertz CT molecular complexity index is 504. The molecule has 0 aromatic heterocycles. The van der Waals surface area contributed by atoms with Gasteiger partial charge in [-0.1, -0.05) is 12.5 Å². The van der Waals surface area contributed by atoms with E-state index in [0.717, 1.165) is 5.57 Å². The highest BCUT2D eigenvalue weighted by Gasteiger charge is 2.48. The van der Waals surface area contributed by atoms with Crippen molar-refractivity contribution in [3.05, 3.63) is 11.6 Å². The van der Waals surface area contributed by atoms with E-state index in [1.165, 1.54) is 6.08 Å². The smallest absolute Gasteiger partial charge is 0.330 e. The summed E-state index contributed by atoms with van der Waals surface area (Å²) in [5.74, 6) is -0.598. The number of carbonyl (C=O) groups excluding carboxylic acids is 1. The predicted molar refractivity (Wildman–Crippen MR) is 94.4 cm³/mol. The van der Waals surface area contributed by atoms with Gasteiger partial charge in [0.25, 0.3) is 0 Å². The summed E-state index contributed by atoms with van der Waals surface area (Å²) in [6.07, 6.45) is -0.625. The molecule has 3 N–H and O–H groups in total. The summed E-state index contributed by atoms with van der Waals surface area (Å²) in [5.41, 5.74) is 0.731. The highest BCUT2D eigenvalue weighted by molar-refractivity contribution is 5.82. The SMILES string of the molecule is CCOC(=O)/C=C(\C)CC1OCC(CC2OC2C(C)C(C)O)C(O)C1O. The summed E-state index contributed by atoms with van der Waals surface area (Å²) < 4.78 is 16.2. The van der Waals surface area contributed by atoms with Crippen LogP contribution < -0.4 is 0 Å². The molecule has 7 heteroatoms. The van der Waals surface area contributed by atoms with Crippen molar-refractivity contribution in [1.82, 2.24) is 0 Å². The molecule has 0 spiro atoms. The number of rotatable bonds is 8. The topological polar surface area (TPSA) is 109 Å². The molecule has 0 amide bonds. The third kappa shape index (κ3) is 5.50. The second-order valence-electron chi connectivity index (χ2n) is 7.53. The summed E-state index contributed by atoms with van der Waals surface area (Å²) in [5, 5.41) is 30.5. The van der Waals surface area contributed by atoms with Crippen molar-refractivity contribution < 1.29 is 34.3 Å². The lowest BCUT2D eigenvalue weighted by Gasteiger charge is -2.38. The molecule has 0 aromatic carbocycles. The number of ether oxygens (including phenoxy) is 3. The van der Waals surface area contributed by atoms with Crippen LogP contribution in [0.25, 0.3) is 0 Å². The first-order valence-electron chi connectivity index (χ1n) is 9.39. The summed E-state index contributed by atoms with van der Waals surface area (Å²) in [6, 6.07) is 0. The van der Waals surface area contributed by atoms with Crippen LogP contribution in [-0.4, -0.2) is 71.1 Å². The van der Waals surface area contributed by atoms with Crippen molar-refractivity contribution in [3.63, 3.8) is 0 Å². The van der Waals surface area contributed by atoms with Gasteiger partial charge in [-0.3, -0.25) is 0 Å². The van der Waals surface area contributed by atoms with Gasteiger partial charge in [0.15, 0.2) is 0 Å². The van der Waals surface area contributed by atoms with Gasteiger partial charge in [0.05, 0.1) is 43.7 Å². The first-order chi connectivity index (χ1) is 12.2. The standard InChI is InChI=1S/C19H32O7/c1-5-24-16(21)7-10(2)6-14-18(23)17(22)13(9-25-14)8-15-19(26-15)11(3)12(4)20/h7,11-15,17-20,22-23H,5-6,8-9H2,1-4H3/b10-7+. The Morgan fingerprint density at radius 2 is 1.96 bits per heavy atom. The molecule has 2 saturated heterocycles. The number of aliphatic hydroxyl groups excluding tert-OH is 3. The molecule has 8 unspecified atom stereocenters. The summed E-state index contributed by atoms with van der Waals surface area (Å²) >= 11 is 0. The third-order valence-electron chi connectivity index (χ3n) is 5.35. The lowest BCUT2D eigenvalue weighted by Crippen LogP contribution is -2.50. The normalized spacial score (nSPS) is 37.1. The molecule has 2 heterocycles. The van der Waals surface area contributed by atoms with Crippen molar-refractivity contribution in [2.75, 3.05) is 13.2 Å². The summed E-state index contributed by atoms with van der Waals surface area (Å²) in [6.45, 7) is 7.82. The van der Waals surface area contributed by atoms with E-state index in [9.17, 15) is 20.1 Å². The van der Waals surface area contributed by atoms with Gasteiger partial charge in [0.1, 0.15) is 6.10 Å². The number of hydrogen-bond acceptors (Lipinski definition) is 7. The molecule has 2 fully saturated rings. The Balaban J connectivity index is 1.83. The molecule has 0 aromatic rings. The molecular formula is C19H32O7. The largest absolute Gasteiger partial charge is 0.463 e. The van der Waals surface area contributed by atoms with E-state index in [1.54, 1.807) is 20.8 Å². The van der Waals surface area contributed by atoms with Gasteiger partial charge in [-0.2, -0.15) is 0 Å². The maximum atomic E-state index is 11.5. The summed E-state index contributed by atoms with van der Waals surface area (Å²) in [7, 11) is 0. The molecule has 26 heavy (non-hydrogen) atoms. The Kier molecular flexibility index (Phi) is 7.61. The van der Waals surface area contributed by atoms with E-state index in [0.29, 0.717) is 26.1 Å². The van der Waals surface area contributed by atoms with E-state index in [-0.39, 0.29) is 24.0 Å². The molecular weight excluding hydrogens is 340 g/mol. The number of esters is 1. The van der Waals surface area contributed by atoms with Crippen LogP contribution in [0.15, 0.2) is 11.6 Å². The number of aliphatic hydroxyl groups is 3. The van der Waals surface area contributed by atoms with Crippen molar-refractivity contribution in [1.29, 1.82) is 0 Å². The Morgan fingerprint density at radius 3 is 2.58 bits per heavy atom. The van der Waals surface area contributed by atoms with E-state index in [2.05, 4.69) is 0 Å². The van der Waals surface area contributed by atoms with Crippen LogP contribution >= 0.6 is 0 Å². The lowest BCUT2D eigenvalue weighted by molar-refractivity contribution is -0.165. The van der Waals surface area contributed by atoms with Crippen molar-refractivity contribution in [2.24, 2.45) is 11.8 Å². The fourth-order valence-corrected chi connectivity index (χ4v) is 3.47. The Hall–Kier alpha value is -0.990. The summed E-state index contributed by atoms with van der Waals surface area (Å²) in [4.78, 5) is 11.5. The predicted octanol–water partition coefficient (Wildman–Crippen LogP) is 0.797. The van der Waals surface area contributed by atoms with Gasteiger partial charge >= 0.3 is 5.97 Å².